The summed E-state index contributed by atoms with van der Waals surface area (Å²) in [5.41, 5.74) is -0.403. The molecule has 3 aliphatic rings. The lowest BCUT2D eigenvalue weighted by molar-refractivity contribution is 0.0500. The molecule has 0 unspecified atom stereocenters. The summed E-state index contributed by atoms with van der Waals surface area (Å²) in [6.45, 7) is 6.42. The van der Waals surface area contributed by atoms with E-state index in [4.69, 9.17) is 9.47 Å². The van der Waals surface area contributed by atoms with Crippen LogP contribution in [0.4, 0.5) is 26.2 Å². The summed E-state index contributed by atoms with van der Waals surface area (Å²) in [4.78, 5) is 23.5. The van der Waals surface area contributed by atoms with E-state index in [9.17, 15) is 9.18 Å². The van der Waals surface area contributed by atoms with Gasteiger partial charge in [0.05, 0.1) is 25.1 Å². The van der Waals surface area contributed by atoms with E-state index in [-0.39, 0.29) is 46.6 Å². The number of hydrogen-bond acceptors (Lipinski definition) is 10. The van der Waals surface area contributed by atoms with Crippen molar-refractivity contribution in [3.05, 3.63) is 40.4 Å². The van der Waals surface area contributed by atoms with Crippen LogP contribution in [-0.4, -0.2) is 78.1 Å². The number of halogens is 2. The smallest absolute Gasteiger partial charge is 0.368 e. The number of benzene rings is 1. The number of aromatic nitrogens is 6. The Bertz CT molecular complexity index is 1450. The summed E-state index contributed by atoms with van der Waals surface area (Å²) in [5.74, 6) is -1.10. The van der Waals surface area contributed by atoms with Gasteiger partial charge in [0.25, 0.3) is 0 Å². The quantitative estimate of drug-likeness (QED) is 0.448. The molecule has 3 aliphatic heterocycles. The van der Waals surface area contributed by atoms with Crippen molar-refractivity contribution < 1.29 is 18.3 Å². The van der Waals surface area contributed by atoms with Gasteiger partial charge in [0.1, 0.15) is 17.5 Å². The highest BCUT2D eigenvalue weighted by molar-refractivity contribution is 5.63. The van der Waals surface area contributed by atoms with E-state index in [0.717, 1.165) is 47.4 Å². The van der Waals surface area contributed by atoms with E-state index in [1.54, 1.807) is 0 Å². The number of ether oxygens (including phenoxy) is 2. The van der Waals surface area contributed by atoms with Gasteiger partial charge in [-0.25, -0.2) is 18.6 Å². The molecule has 3 fully saturated rings. The lowest BCUT2D eigenvalue weighted by Gasteiger charge is -2.47. The summed E-state index contributed by atoms with van der Waals surface area (Å²) >= 11 is 0. The largest absolute Gasteiger partial charge is 0.486 e. The zero-order chi connectivity index (χ0) is 28.0. The molecule has 214 valence electrons. The van der Waals surface area contributed by atoms with Crippen molar-refractivity contribution in [2.75, 3.05) is 30.4 Å². The maximum atomic E-state index is 15.3. The van der Waals surface area contributed by atoms with Crippen molar-refractivity contribution >= 4 is 17.5 Å². The average Bonchev–Trinajstić information content (AvgIpc) is 3.66. The van der Waals surface area contributed by atoms with E-state index < -0.39 is 17.3 Å². The fourth-order valence-corrected chi connectivity index (χ4v) is 6.11. The molecule has 1 aromatic carbocycles. The second-order valence-electron chi connectivity index (χ2n) is 11.3. The summed E-state index contributed by atoms with van der Waals surface area (Å²) in [7, 11) is 1.46. The predicted molar refractivity (Wildman–Crippen MR) is 142 cm³/mol. The molecule has 2 N–H and O–H groups in total. The van der Waals surface area contributed by atoms with Gasteiger partial charge in [-0.3, -0.25) is 4.90 Å². The van der Waals surface area contributed by atoms with Gasteiger partial charge in [0.2, 0.25) is 5.95 Å². The molecule has 0 aliphatic carbocycles. The molecular formula is C26H33F2N9O3. The van der Waals surface area contributed by atoms with Gasteiger partial charge in [-0.05, 0) is 62.6 Å². The Hall–Kier alpha value is -3.65. The van der Waals surface area contributed by atoms with E-state index >= 15 is 4.39 Å². The number of nitrogens with zero attached hydrogens (tertiary/aromatic N) is 7. The minimum atomic E-state index is -0.674. The third kappa shape index (κ3) is 5.12. The van der Waals surface area contributed by atoms with Crippen molar-refractivity contribution in [3.8, 4) is 11.4 Å². The van der Waals surface area contributed by atoms with Crippen LogP contribution < -0.4 is 21.1 Å². The molecule has 5 heterocycles. The molecule has 40 heavy (non-hydrogen) atoms. The van der Waals surface area contributed by atoms with Gasteiger partial charge < -0.3 is 20.1 Å². The zero-order valence-corrected chi connectivity index (χ0v) is 22.7. The van der Waals surface area contributed by atoms with Crippen LogP contribution in [0.15, 0.2) is 23.1 Å². The topological polar surface area (TPSA) is 124 Å². The molecule has 0 radical (unpaired) electrons. The number of hydrogen-bond donors (Lipinski definition) is 2. The molecule has 3 saturated heterocycles. The third-order valence-corrected chi connectivity index (χ3v) is 7.97. The lowest BCUT2D eigenvalue weighted by Crippen LogP contribution is -2.55. The Morgan fingerprint density at radius 2 is 2.02 bits per heavy atom. The molecule has 0 saturated carbocycles. The zero-order valence-electron chi connectivity index (χ0n) is 22.7. The molecule has 0 amide bonds. The molecule has 12 nitrogen and oxygen atoms in total. The molecule has 3 aromatic rings. The van der Waals surface area contributed by atoms with Crippen molar-refractivity contribution in [2.24, 2.45) is 7.05 Å². The van der Waals surface area contributed by atoms with Crippen LogP contribution >= 0.6 is 0 Å². The first-order valence-electron chi connectivity index (χ1n) is 13.6. The third-order valence-electron chi connectivity index (χ3n) is 7.97. The van der Waals surface area contributed by atoms with E-state index in [2.05, 4.69) is 49.8 Å². The van der Waals surface area contributed by atoms with Crippen LogP contribution in [0.25, 0.3) is 5.69 Å². The van der Waals surface area contributed by atoms with E-state index in [1.807, 2.05) is 0 Å². The van der Waals surface area contributed by atoms with Crippen LogP contribution in [-0.2, 0) is 11.8 Å². The number of anilines is 3. The maximum absolute atomic E-state index is 15.3. The maximum Gasteiger partial charge on any atom is 0.368 e. The summed E-state index contributed by atoms with van der Waals surface area (Å²) in [6.07, 6.45) is 5.43. The number of aryl methyl sites for hydroxylation is 1. The van der Waals surface area contributed by atoms with Crippen molar-refractivity contribution in [1.29, 1.82) is 0 Å². The van der Waals surface area contributed by atoms with Gasteiger partial charge in [0, 0.05) is 37.2 Å². The fourth-order valence-electron chi connectivity index (χ4n) is 6.11. The van der Waals surface area contributed by atoms with Gasteiger partial charge in [-0.2, -0.15) is 14.3 Å². The number of nitrogens with one attached hydrogen (secondary N) is 2. The second kappa shape index (κ2) is 10.4. The average molecular weight is 558 g/mol. The Kier molecular flexibility index (Phi) is 6.90. The molecule has 14 heteroatoms. The van der Waals surface area contributed by atoms with Crippen molar-refractivity contribution in [3.63, 3.8) is 0 Å². The van der Waals surface area contributed by atoms with Crippen LogP contribution in [0.3, 0.4) is 0 Å². The van der Waals surface area contributed by atoms with Crippen LogP contribution in [0, 0.1) is 11.6 Å². The molecule has 2 aromatic heterocycles. The minimum Gasteiger partial charge on any atom is -0.486 e. The molecular weight excluding hydrogens is 524 g/mol. The summed E-state index contributed by atoms with van der Waals surface area (Å²) in [5, 5.41) is 13.7. The lowest BCUT2D eigenvalue weighted by atomic mass is 9.84. The van der Waals surface area contributed by atoms with Crippen molar-refractivity contribution in [2.45, 2.75) is 69.7 Å². The Balaban J connectivity index is 1.27. The van der Waals surface area contributed by atoms with E-state index in [0.29, 0.717) is 25.7 Å². The first-order valence-corrected chi connectivity index (χ1v) is 13.6. The molecule has 0 bridgehead atoms. The Labute approximate surface area is 229 Å². The van der Waals surface area contributed by atoms with Crippen molar-refractivity contribution in [1.82, 2.24) is 34.7 Å². The first-order chi connectivity index (χ1) is 19.2. The van der Waals surface area contributed by atoms with Crippen LogP contribution in [0.1, 0.15) is 46.0 Å². The normalized spacial score (nSPS) is 24.2. The highest BCUT2D eigenvalue weighted by Crippen LogP contribution is 2.39. The highest BCUT2D eigenvalue weighted by Gasteiger charge is 2.43. The molecule has 6 rings (SSSR count). The van der Waals surface area contributed by atoms with Crippen LogP contribution in [0.2, 0.25) is 0 Å². The Morgan fingerprint density at radius 1 is 1.18 bits per heavy atom. The van der Waals surface area contributed by atoms with Gasteiger partial charge in [0.15, 0.2) is 17.5 Å². The predicted octanol–water partition coefficient (Wildman–Crippen LogP) is 2.76. The first kappa shape index (κ1) is 26.6. The second-order valence-corrected chi connectivity index (χ2v) is 11.3. The minimum absolute atomic E-state index is 0.00401. The number of tetrazole rings is 1. The van der Waals surface area contributed by atoms with Crippen LogP contribution in [0.5, 0.6) is 5.75 Å². The number of rotatable bonds is 7. The fraction of sp³-hybridized carbons (Fsp3) is 0.577. The summed E-state index contributed by atoms with van der Waals surface area (Å²) in [6, 6.07) is 3.03. The SMILES string of the molecule is Cn1nnn(-c2cc(Nc3ncc(F)c(N[C@@H]4C[C@@H]5CCCN5C(C)(C)C4)n3)c(F)cc2O[C@@H]2CCOC2)c1=O. The monoisotopic (exact) mass is 557 g/mol. The van der Waals surface area contributed by atoms with Gasteiger partial charge >= 0.3 is 5.69 Å². The summed E-state index contributed by atoms with van der Waals surface area (Å²) < 4.78 is 43.5. The molecule has 0 spiro atoms. The highest BCUT2D eigenvalue weighted by atomic mass is 19.1. The standard InChI is InChI=1S/C26H33F2N9O3/c1-26(2)12-15(9-16-5-4-7-36(16)26)30-23-19(28)13-29-24(32-23)31-20-11-21(37-25(38)35(3)33-34-37)22(10-18(20)27)40-17-6-8-39-14-17/h10-11,13,15-17H,4-9,12,14H2,1-3H3,(H2,29,30,31,32)/t15-,16+,17-/m1/s1. The van der Waals surface area contributed by atoms with Gasteiger partial charge in [-0.15, -0.1) is 0 Å². The van der Waals surface area contributed by atoms with E-state index in [1.165, 1.54) is 19.5 Å². The Morgan fingerprint density at radius 3 is 2.77 bits per heavy atom. The number of piperidine rings is 1. The van der Waals surface area contributed by atoms with Gasteiger partial charge in [-0.1, -0.05) is 0 Å². The molecule has 3 atom stereocenters. The number of fused-ring (bicyclic) bond motifs is 1.